The third-order valence-electron chi connectivity index (χ3n) is 11.4. The first-order chi connectivity index (χ1) is 19.5. The molecule has 0 spiro atoms. The summed E-state index contributed by atoms with van der Waals surface area (Å²) < 4.78 is 36.0. The van der Waals surface area contributed by atoms with E-state index in [0.29, 0.717) is 6.61 Å². The summed E-state index contributed by atoms with van der Waals surface area (Å²) in [5.74, 6) is 0. The molecule has 0 aromatic heterocycles. The third-order valence-corrected chi connectivity index (χ3v) is 29.9. The molecule has 1 aliphatic rings. The highest BCUT2D eigenvalue weighted by Crippen LogP contribution is 2.39. The Morgan fingerprint density at radius 2 is 0.732 bits per heavy atom. The summed E-state index contributed by atoms with van der Waals surface area (Å²) in [6.07, 6.45) is -1.55. The molecule has 0 saturated carbocycles. The molecule has 1 heterocycles. The van der Waals surface area contributed by atoms with Crippen molar-refractivity contribution in [1.82, 2.24) is 0 Å². The SMILES string of the molecule is CC[Si](CC)(CC)OC[C@@H]1O[C@H](CO)[C@@H](O[Si](CC)(CC)CC)[C@H](O[Si](CC)(CC)CC)[C@H]1O[Si](CC)(CC)CC. The highest BCUT2D eigenvalue weighted by atomic mass is 28.4. The Bertz CT molecular complexity index is 665. The van der Waals surface area contributed by atoms with Crippen LogP contribution in [0.5, 0.6) is 0 Å². The van der Waals surface area contributed by atoms with Gasteiger partial charge in [0.2, 0.25) is 0 Å². The van der Waals surface area contributed by atoms with Gasteiger partial charge in [-0.2, -0.15) is 0 Å². The van der Waals surface area contributed by atoms with Crippen LogP contribution in [-0.4, -0.2) is 82.1 Å². The molecule has 0 aromatic rings. The van der Waals surface area contributed by atoms with Gasteiger partial charge in [-0.25, -0.2) is 0 Å². The lowest BCUT2D eigenvalue weighted by Gasteiger charge is -2.53. The van der Waals surface area contributed by atoms with Crippen molar-refractivity contribution in [2.75, 3.05) is 13.2 Å². The van der Waals surface area contributed by atoms with E-state index in [-0.39, 0.29) is 31.0 Å². The number of rotatable bonds is 22. The van der Waals surface area contributed by atoms with Crippen molar-refractivity contribution >= 4 is 33.3 Å². The van der Waals surface area contributed by atoms with Crippen LogP contribution >= 0.6 is 0 Å². The average molecular weight is 651 g/mol. The molecule has 0 amide bonds. The van der Waals surface area contributed by atoms with Gasteiger partial charge in [-0.1, -0.05) is 83.1 Å². The lowest BCUT2D eigenvalue weighted by Crippen LogP contribution is -2.68. The molecular weight excluding hydrogens is 581 g/mol. The molecule has 1 N–H and O–H groups in total. The normalized spacial score (nSPS) is 24.7. The summed E-state index contributed by atoms with van der Waals surface area (Å²) in [5, 5.41) is 10.8. The summed E-state index contributed by atoms with van der Waals surface area (Å²) >= 11 is 0. The van der Waals surface area contributed by atoms with Crippen molar-refractivity contribution in [3.63, 3.8) is 0 Å². The molecule has 0 radical (unpaired) electrons. The molecule has 246 valence electrons. The van der Waals surface area contributed by atoms with E-state index in [0.717, 1.165) is 72.5 Å². The maximum Gasteiger partial charge on any atom is 0.192 e. The molecule has 0 aliphatic carbocycles. The molecule has 0 aromatic carbocycles. The first-order valence-electron chi connectivity index (χ1n) is 17.5. The molecule has 0 bridgehead atoms. The molecular formula is C31H70O6Si4. The van der Waals surface area contributed by atoms with Crippen LogP contribution in [-0.2, 0) is 22.4 Å². The van der Waals surface area contributed by atoms with Crippen molar-refractivity contribution in [2.24, 2.45) is 0 Å². The monoisotopic (exact) mass is 650 g/mol. The van der Waals surface area contributed by atoms with E-state index in [4.69, 9.17) is 22.4 Å². The van der Waals surface area contributed by atoms with E-state index in [9.17, 15) is 5.11 Å². The molecule has 1 aliphatic heterocycles. The Morgan fingerprint density at radius 3 is 1.02 bits per heavy atom. The van der Waals surface area contributed by atoms with Gasteiger partial charge in [0, 0.05) is 0 Å². The zero-order chi connectivity index (χ0) is 31.3. The van der Waals surface area contributed by atoms with Gasteiger partial charge in [-0.3, -0.25) is 0 Å². The predicted molar refractivity (Wildman–Crippen MR) is 185 cm³/mol. The van der Waals surface area contributed by atoms with Crippen LogP contribution in [0, 0.1) is 0 Å². The highest BCUT2D eigenvalue weighted by molar-refractivity contribution is 6.75. The number of ether oxygens (including phenoxy) is 1. The maximum atomic E-state index is 10.8. The average Bonchev–Trinajstić information content (AvgIpc) is 3.03. The molecule has 1 saturated heterocycles. The van der Waals surface area contributed by atoms with Crippen LogP contribution in [0.25, 0.3) is 0 Å². The fourth-order valence-corrected chi connectivity index (χ4v) is 18.1. The fourth-order valence-electron chi connectivity index (χ4n) is 6.87. The summed E-state index contributed by atoms with van der Waals surface area (Å²) in [4.78, 5) is 0. The smallest absolute Gasteiger partial charge is 0.192 e. The second-order valence-corrected chi connectivity index (χ2v) is 31.4. The summed E-state index contributed by atoms with van der Waals surface area (Å²) in [6, 6.07) is 12.8. The second kappa shape index (κ2) is 18.6. The van der Waals surface area contributed by atoms with Crippen LogP contribution < -0.4 is 0 Å². The van der Waals surface area contributed by atoms with Crippen molar-refractivity contribution in [3.8, 4) is 0 Å². The third kappa shape index (κ3) is 9.56. The standard InChI is InChI=1S/C31H70O6Si4/c1-13-38(14-2,15-3)33-26-28-30(36-40(19-7,20-8)21-9)31(37-41(22-10,23-11)24-12)29(27(25-32)34-28)35-39(16-4,17-5)18-6/h27-32H,13-26H2,1-12H3/t27-,28+,29-,30+,31+/m1/s1. The van der Waals surface area contributed by atoms with Crippen LogP contribution in [0.2, 0.25) is 72.5 Å². The molecule has 1 rings (SSSR count). The van der Waals surface area contributed by atoms with Gasteiger partial charge in [0.05, 0.1) is 13.2 Å². The van der Waals surface area contributed by atoms with Crippen LogP contribution in [0.1, 0.15) is 83.1 Å². The Hall–Kier alpha value is 0.628. The summed E-state index contributed by atoms with van der Waals surface area (Å²) in [7, 11) is -7.97. The van der Waals surface area contributed by atoms with Crippen LogP contribution in [0.15, 0.2) is 0 Å². The zero-order valence-corrected chi connectivity index (χ0v) is 33.3. The van der Waals surface area contributed by atoms with Crippen molar-refractivity contribution in [2.45, 2.75) is 186 Å². The zero-order valence-electron chi connectivity index (χ0n) is 29.3. The quantitative estimate of drug-likeness (QED) is 0.118. The van der Waals surface area contributed by atoms with Crippen LogP contribution in [0.4, 0.5) is 0 Å². The molecule has 5 atom stereocenters. The van der Waals surface area contributed by atoms with Crippen molar-refractivity contribution < 1.29 is 27.5 Å². The van der Waals surface area contributed by atoms with Gasteiger partial charge >= 0.3 is 0 Å². The van der Waals surface area contributed by atoms with Gasteiger partial charge in [0.15, 0.2) is 33.3 Å². The number of hydrogen-bond acceptors (Lipinski definition) is 6. The van der Waals surface area contributed by atoms with Gasteiger partial charge in [0.1, 0.15) is 30.5 Å². The molecule has 6 nitrogen and oxygen atoms in total. The van der Waals surface area contributed by atoms with Crippen molar-refractivity contribution in [1.29, 1.82) is 0 Å². The number of aliphatic hydroxyl groups is 1. The van der Waals surface area contributed by atoms with E-state index in [2.05, 4.69) is 83.1 Å². The van der Waals surface area contributed by atoms with E-state index >= 15 is 0 Å². The maximum absolute atomic E-state index is 10.8. The topological polar surface area (TPSA) is 66.4 Å². The molecule has 41 heavy (non-hydrogen) atoms. The minimum absolute atomic E-state index is 0.0793. The highest BCUT2D eigenvalue weighted by Gasteiger charge is 2.54. The largest absolute Gasteiger partial charge is 0.414 e. The van der Waals surface area contributed by atoms with E-state index in [1.807, 2.05) is 0 Å². The number of aliphatic hydroxyl groups excluding tert-OH is 1. The summed E-state index contributed by atoms with van der Waals surface area (Å²) in [6.45, 7) is 27.8. The fraction of sp³-hybridized carbons (Fsp3) is 1.00. The lowest BCUT2D eigenvalue weighted by molar-refractivity contribution is -0.222. The Balaban J connectivity index is 3.82. The van der Waals surface area contributed by atoms with Crippen molar-refractivity contribution in [3.05, 3.63) is 0 Å². The van der Waals surface area contributed by atoms with E-state index < -0.39 is 39.4 Å². The van der Waals surface area contributed by atoms with Gasteiger partial charge in [-0.15, -0.1) is 0 Å². The minimum atomic E-state index is -2.05. The van der Waals surface area contributed by atoms with Gasteiger partial charge < -0.3 is 27.5 Å². The first kappa shape index (κ1) is 39.7. The van der Waals surface area contributed by atoms with E-state index in [1.165, 1.54) is 0 Å². The van der Waals surface area contributed by atoms with Gasteiger partial charge in [-0.05, 0) is 72.5 Å². The molecule has 10 heteroatoms. The molecule has 1 fully saturated rings. The van der Waals surface area contributed by atoms with E-state index in [1.54, 1.807) is 0 Å². The number of hydrogen-bond donors (Lipinski definition) is 1. The van der Waals surface area contributed by atoms with Gasteiger partial charge in [0.25, 0.3) is 0 Å². The lowest BCUT2D eigenvalue weighted by atomic mass is 9.95. The second-order valence-electron chi connectivity index (χ2n) is 12.4. The Kier molecular flexibility index (Phi) is 18.0. The first-order valence-corrected chi connectivity index (χ1v) is 27.6. The molecule has 0 unspecified atom stereocenters. The minimum Gasteiger partial charge on any atom is -0.414 e. The predicted octanol–water partition coefficient (Wildman–Crippen LogP) is 8.94. The Labute approximate surface area is 259 Å². The summed E-state index contributed by atoms with van der Waals surface area (Å²) in [5.41, 5.74) is 0. The van der Waals surface area contributed by atoms with Crippen LogP contribution in [0.3, 0.4) is 0 Å². The Morgan fingerprint density at radius 1 is 0.439 bits per heavy atom.